The average molecular weight is 397 g/mol. The van der Waals surface area contributed by atoms with Gasteiger partial charge in [-0.2, -0.15) is 0 Å². The van der Waals surface area contributed by atoms with Crippen LogP contribution in [0.1, 0.15) is 36.8 Å². The fourth-order valence-corrected chi connectivity index (χ4v) is 5.03. The smallest absolute Gasteiger partial charge is 0.226 e. The van der Waals surface area contributed by atoms with Gasteiger partial charge in [0.05, 0.1) is 6.26 Å². The maximum absolute atomic E-state index is 13.0. The number of amides is 1. The van der Waals surface area contributed by atoms with E-state index in [-0.39, 0.29) is 23.8 Å². The molecule has 4 rings (SSSR count). The van der Waals surface area contributed by atoms with Crippen LogP contribution in [0.15, 0.2) is 53.5 Å². The minimum atomic E-state index is -3.25. The highest BCUT2D eigenvalue weighted by molar-refractivity contribution is 7.88. The summed E-state index contributed by atoms with van der Waals surface area (Å²) in [6.45, 7) is 3.09. The lowest BCUT2D eigenvalue weighted by Crippen LogP contribution is -2.38. The summed E-state index contributed by atoms with van der Waals surface area (Å²) >= 11 is 0. The van der Waals surface area contributed by atoms with Crippen molar-refractivity contribution in [2.45, 2.75) is 31.7 Å². The van der Waals surface area contributed by atoms with Gasteiger partial charge in [-0.15, -0.1) is 0 Å². The molecule has 3 unspecified atom stereocenters. The van der Waals surface area contributed by atoms with Crippen molar-refractivity contribution in [2.24, 2.45) is 5.92 Å². The molecular weight excluding hydrogens is 372 g/mol. The second-order valence-corrected chi connectivity index (χ2v) is 9.62. The van der Waals surface area contributed by atoms with E-state index in [4.69, 9.17) is 0 Å². The van der Waals surface area contributed by atoms with Crippen molar-refractivity contribution in [3.05, 3.63) is 64.6 Å². The monoisotopic (exact) mass is 396 g/mol. The van der Waals surface area contributed by atoms with Gasteiger partial charge in [-0.05, 0) is 54.5 Å². The first-order valence-electron chi connectivity index (χ1n) is 9.58. The van der Waals surface area contributed by atoms with Gasteiger partial charge in [0.25, 0.3) is 0 Å². The molecule has 6 heteroatoms. The Morgan fingerprint density at radius 3 is 2.82 bits per heavy atom. The van der Waals surface area contributed by atoms with E-state index in [9.17, 15) is 13.2 Å². The fraction of sp³-hybridized carbons (Fsp3) is 0.409. The van der Waals surface area contributed by atoms with Gasteiger partial charge in [-0.1, -0.05) is 35.7 Å². The van der Waals surface area contributed by atoms with Crippen LogP contribution in [0.5, 0.6) is 0 Å². The van der Waals surface area contributed by atoms with Crippen LogP contribution in [0.2, 0.25) is 0 Å². The molecule has 146 valence electrons. The normalized spacial score (nSPS) is 26.2. The van der Waals surface area contributed by atoms with E-state index in [1.165, 1.54) is 5.56 Å². The fourth-order valence-electron chi connectivity index (χ4n) is 4.23. The SMILES string of the molecule is CC1=C=C=CC=C1c1ccccc1C1CC1C(=O)N1CCC(NS(C)(=O)=O)C1. The Bertz CT molecular complexity index is 1060. The van der Waals surface area contributed by atoms with Crippen molar-refractivity contribution in [2.75, 3.05) is 19.3 Å². The Balaban J connectivity index is 1.47. The number of allylic oxidation sites excluding steroid dienone is 4. The Kier molecular flexibility index (Phi) is 4.90. The van der Waals surface area contributed by atoms with Gasteiger partial charge < -0.3 is 4.90 Å². The molecule has 1 aromatic rings. The quantitative estimate of drug-likeness (QED) is 0.778. The summed E-state index contributed by atoms with van der Waals surface area (Å²) < 4.78 is 25.5. The first-order valence-corrected chi connectivity index (χ1v) is 11.5. The lowest BCUT2D eigenvalue weighted by atomic mass is 9.91. The van der Waals surface area contributed by atoms with E-state index in [0.29, 0.717) is 19.5 Å². The van der Waals surface area contributed by atoms with Gasteiger partial charge in [0, 0.05) is 30.6 Å². The van der Waals surface area contributed by atoms with Gasteiger partial charge in [-0.25, -0.2) is 13.1 Å². The molecule has 3 aliphatic rings. The first-order chi connectivity index (χ1) is 13.3. The zero-order valence-corrected chi connectivity index (χ0v) is 16.9. The number of carbonyl (C=O) groups excluding carboxylic acids is 1. The van der Waals surface area contributed by atoms with E-state index in [0.717, 1.165) is 29.4 Å². The standard InChI is InChI=1S/C22H24N2O3S/c1-15-7-3-4-8-17(15)18-9-5-6-10-19(18)20-13-21(20)22(25)24-12-11-16(14-24)23-28(2,26)27/h4-6,8-10,16,20-21,23H,11-14H2,1-2H3. The molecular formula is C22H24N2O3S. The van der Waals surface area contributed by atoms with Crippen LogP contribution in [0.4, 0.5) is 0 Å². The molecule has 1 heterocycles. The van der Waals surface area contributed by atoms with Crippen molar-refractivity contribution in [1.29, 1.82) is 0 Å². The third kappa shape index (κ3) is 3.91. The largest absolute Gasteiger partial charge is 0.341 e. The third-order valence-corrected chi connectivity index (χ3v) is 6.40. The number of carbonyl (C=O) groups is 1. The topological polar surface area (TPSA) is 66.5 Å². The number of sulfonamides is 1. The van der Waals surface area contributed by atoms with Crippen LogP contribution in [0.3, 0.4) is 0 Å². The molecule has 1 N–H and O–H groups in total. The molecule has 1 aromatic carbocycles. The molecule has 0 radical (unpaired) electrons. The minimum Gasteiger partial charge on any atom is -0.341 e. The average Bonchev–Trinajstić information content (AvgIpc) is 3.32. The summed E-state index contributed by atoms with van der Waals surface area (Å²) in [7, 11) is -3.25. The van der Waals surface area contributed by atoms with E-state index < -0.39 is 10.0 Å². The Labute approximate surface area is 166 Å². The lowest BCUT2D eigenvalue weighted by molar-refractivity contribution is -0.131. The van der Waals surface area contributed by atoms with E-state index in [2.05, 4.69) is 28.3 Å². The van der Waals surface area contributed by atoms with Crippen molar-refractivity contribution in [3.63, 3.8) is 0 Å². The van der Waals surface area contributed by atoms with Crippen LogP contribution in [0.25, 0.3) is 5.57 Å². The number of benzene rings is 1. The van der Waals surface area contributed by atoms with Gasteiger partial charge in [0.1, 0.15) is 0 Å². The van der Waals surface area contributed by atoms with Crippen molar-refractivity contribution >= 4 is 21.5 Å². The molecule has 2 fully saturated rings. The molecule has 0 spiro atoms. The molecule has 28 heavy (non-hydrogen) atoms. The molecule has 1 amide bonds. The minimum absolute atomic E-state index is 0.0160. The van der Waals surface area contributed by atoms with Crippen molar-refractivity contribution in [1.82, 2.24) is 9.62 Å². The second-order valence-electron chi connectivity index (χ2n) is 7.84. The molecule has 2 aliphatic carbocycles. The van der Waals surface area contributed by atoms with Crippen LogP contribution < -0.4 is 4.72 Å². The highest BCUT2D eigenvalue weighted by Gasteiger charge is 2.47. The number of hydrogen-bond donors (Lipinski definition) is 1. The summed E-state index contributed by atoms with van der Waals surface area (Å²) in [4.78, 5) is 14.8. The summed E-state index contributed by atoms with van der Waals surface area (Å²) in [6.07, 6.45) is 6.59. The Hall–Kier alpha value is -2.36. The zero-order chi connectivity index (χ0) is 19.9. The second kappa shape index (κ2) is 7.23. The van der Waals surface area contributed by atoms with Crippen molar-refractivity contribution < 1.29 is 13.2 Å². The highest BCUT2D eigenvalue weighted by Crippen LogP contribution is 2.51. The molecule has 1 aliphatic heterocycles. The van der Waals surface area contributed by atoms with Gasteiger partial charge in [-0.3, -0.25) is 4.79 Å². The van der Waals surface area contributed by atoms with Crippen LogP contribution >= 0.6 is 0 Å². The number of rotatable bonds is 5. The zero-order valence-electron chi connectivity index (χ0n) is 16.1. The van der Waals surface area contributed by atoms with Crippen LogP contribution in [0, 0.1) is 5.92 Å². The van der Waals surface area contributed by atoms with E-state index in [1.807, 2.05) is 36.1 Å². The van der Waals surface area contributed by atoms with Crippen LogP contribution in [-0.4, -0.2) is 44.6 Å². The summed E-state index contributed by atoms with van der Waals surface area (Å²) in [5, 5.41) is 0. The summed E-state index contributed by atoms with van der Waals surface area (Å²) in [5.74, 6) is 0.342. The Morgan fingerprint density at radius 1 is 1.29 bits per heavy atom. The maximum atomic E-state index is 13.0. The molecule has 1 saturated carbocycles. The molecule has 5 nitrogen and oxygen atoms in total. The number of nitrogens with zero attached hydrogens (tertiary/aromatic N) is 1. The molecule has 0 aromatic heterocycles. The van der Waals surface area contributed by atoms with Gasteiger partial charge in [0.2, 0.25) is 15.9 Å². The maximum Gasteiger partial charge on any atom is 0.226 e. The predicted octanol–water partition coefficient (Wildman–Crippen LogP) is 2.59. The number of nitrogens with one attached hydrogen (secondary N) is 1. The van der Waals surface area contributed by atoms with Crippen molar-refractivity contribution in [3.8, 4) is 0 Å². The lowest BCUT2D eigenvalue weighted by Gasteiger charge is -2.18. The summed E-state index contributed by atoms with van der Waals surface area (Å²) in [5.41, 5.74) is 10.7. The van der Waals surface area contributed by atoms with Gasteiger partial charge in [0.15, 0.2) is 0 Å². The van der Waals surface area contributed by atoms with E-state index in [1.54, 1.807) is 0 Å². The summed E-state index contributed by atoms with van der Waals surface area (Å²) in [6, 6.07) is 8.08. The molecule has 1 saturated heterocycles. The molecule has 3 atom stereocenters. The molecule has 0 bridgehead atoms. The first kappa shape index (κ1) is 19.0. The van der Waals surface area contributed by atoms with E-state index >= 15 is 0 Å². The van der Waals surface area contributed by atoms with Crippen LogP contribution in [-0.2, 0) is 14.8 Å². The Morgan fingerprint density at radius 2 is 2.07 bits per heavy atom. The number of likely N-dealkylation sites (tertiary alicyclic amines) is 1. The number of hydrogen-bond acceptors (Lipinski definition) is 3. The van der Waals surface area contributed by atoms with Gasteiger partial charge >= 0.3 is 0 Å². The predicted molar refractivity (Wildman–Crippen MR) is 109 cm³/mol. The highest BCUT2D eigenvalue weighted by atomic mass is 32.2. The third-order valence-electron chi connectivity index (χ3n) is 5.64.